The molecule has 1 atom stereocenters. The molecule has 1 unspecified atom stereocenters. The summed E-state index contributed by atoms with van der Waals surface area (Å²) in [6, 6.07) is 0. The van der Waals surface area contributed by atoms with E-state index in [0.717, 1.165) is 12.3 Å². The van der Waals surface area contributed by atoms with Crippen molar-refractivity contribution in [2.75, 3.05) is 0 Å². The fourth-order valence-corrected chi connectivity index (χ4v) is 2.58. The van der Waals surface area contributed by atoms with E-state index in [1.165, 1.54) is 32.1 Å². The standard InChI is InChI=1S/C12H18O/c13-12-8-4-7-11(9-12)10-5-2-1-3-6-10/h4,8-11,13H,1-3,5-7H2. The monoisotopic (exact) mass is 178 g/mol. The summed E-state index contributed by atoms with van der Waals surface area (Å²) in [5.74, 6) is 1.92. The molecule has 0 aromatic rings. The maximum absolute atomic E-state index is 9.38. The molecule has 1 saturated carbocycles. The molecule has 0 aromatic heterocycles. The molecule has 2 aliphatic carbocycles. The summed E-state index contributed by atoms with van der Waals surface area (Å²) in [5, 5.41) is 9.38. The molecule has 0 aliphatic heterocycles. The number of hydrogen-bond donors (Lipinski definition) is 1. The summed E-state index contributed by atoms with van der Waals surface area (Å²) < 4.78 is 0. The van der Waals surface area contributed by atoms with E-state index in [1.807, 2.05) is 6.08 Å². The van der Waals surface area contributed by atoms with Gasteiger partial charge in [-0.15, -0.1) is 0 Å². The summed E-state index contributed by atoms with van der Waals surface area (Å²) in [4.78, 5) is 0. The predicted octanol–water partition coefficient (Wildman–Crippen LogP) is 3.58. The third-order valence-corrected chi connectivity index (χ3v) is 3.34. The average Bonchev–Trinajstić information content (AvgIpc) is 2.19. The lowest BCUT2D eigenvalue weighted by atomic mass is 9.77. The van der Waals surface area contributed by atoms with E-state index in [9.17, 15) is 5.11 Å². The SMILES string of the molecule is OC1=CC(C2CCCCC2)CC=C1. The molecule has 1 N–H and O–H groups in total. The summed E-state index contributed by atoms with van der Waals surface area (Å²) in [7, 11) is 0. The first kappa shape index (κ1) is 8.86. The van der Waals surface area contributed by atoms with Crippen LogP contribution in [-0.4, -0.2) is 5.11 Å². The van der Waals surface area contributed by atoms with Gasteiger partial charge in [0.05, 0.1) is 0 Å². The second kappa shape index (κ2) is 3.99. The van der Waals surface area contributed by atoms with Crippen molar-refractivity contribution in [3.63, 3.8) is 0 Å². The Labute approximate surface area is 80.2 Å². The molecular weight excluding hydrogens is 160 g/mol. The summed E-state index contributed by atoms with van der Waals surface area (Å²) in [6.07, 6.45) is 14.0. The van der Waals surface area contributed by atoms with Crippen LogP contribution in [0.5, 0.6) is 0 Å². The van der Waals surface area contributed by atoms with Gasteiger partial charge in [0.1, 0.15) is 5.76 Å². The zero-order chi connectivity index (χ0) is 9.10. The van der Waals surface area contributed by atoms with Gasteiger partial charge >= 0.3 is 0 Å². The van der Waals surface area contributed by atoms with Crippen LogP contribution in [0.4, 0.5) is 0 Å². The van der Waals surface area contributed by atoms with Gasteiger partial charge in [-0.2, -0.15) is 0 Å². The van der Waals surface area contributed by atoms with E-state index in [1.54, 1.807) is 0 Å². The minimum absolute atomic E-state index is 0.474. The number of aliphatic hydroxyl groups is 1. The maximum atomic E-state index is 9.38. The predicted molar refractivity (Wildman–Crippen MR) is 54.5 cm³/mol. The van der Waals surface area contributed by atoms with Gasteiger partial charge in [-0.25, -0.2) is 0 Å². The van der Waals surface area contributed by atoms with Gasteiger partial charge in [0.25, 0.3) is 0 Å². The highest BCUT2D eigenvalue weighted by Crippen LogP contribution is 2.34. The Morgan fingerprint density at radius 1 is 1.15 bits per heavy atom. The van der Waals surface area contributed by atoms with Crippen LogP contribution >= 0.6 is 0 Å². The second-order valence-electron chi connectivity index (χ2n) is 4.29. The molecule has 0 amide bonds. The number of rotatable bonds is 1. The van der Waals surface area contributed by atoms with Gasteiger partial charge in [0.15, 0.2) is 0 Å². The van der Waals surface area contributed by atoms with Crippen molar-refractivity contribution in [1.82, 2.24) is 0 Å². The first-order chi connectivity index (χ1) is 6.36. The first-order valence-electron chi connectivity index (χ1n) is 5.43. The van der Waals surface area contributed by atoms with E-state index in [0.29, 0.717) is 11.7 Å². The quantitative estimate of drug-likeness (QED) is 0.650. The molecule has 0 radical (unpaired) electrons. The highest BCUT2D eigenvalue weighted by Gasteiger charge is 2.22. The third-order valence-electron chi connectivity index (χ3n) is 3.34. The van der Waals surface area contributed by atoms with E-state index in [4.69, 9.17) is 0 Å². The second-order valence-corrected chi connectivity index (χ2v) is 4.29. The molecule has 0 aromatic carbocycles. The average molecular weight is 178 g/mol. The Morgan fingerprint density at radius 2 is 1.92 bits per heavy atom. The highest BCUT2D eigenvalue weighted by atomic mass is 16.3. The van der Waals surface area contributed by atoms with Crippen LogP contribution in [-0.2, 0) is 0 Å². The van der Waals surface area contributed by atoms with E-state index < -0.39 is 0 Å². The van der Waals surface area contributed by atoms with Crippen LogP contribution in [0.2, 0.25) is 0 Å². The maximum Gasteiger partial charge on any atom is 0.111 e. The smallest absolute Gasteiger partial charge is 0.111 e. The van der Waals surface area contributed by atoms with Crippen molar-refractivity contribution in [3.05, 3.63) is 24.0 Å². The first-order valence-corrected chi connectivity index (χ1v) is 5.43. The van der Waals surface area contributed by atoms with Crippen LogP contribution < -0.4 is 0 Å². The van der Waals surface area contributed by atoms with Crippen molar-refractivity contribution in [3.8, 4) is 0 Å². The summed E-state index contributed by atoms with van der Waals surface area (Å²) in [5.41, 5.74) is 0. The van der Waals surface area contributed by atoms with Crippen molar-refractivity contribution < 1.29 is 5.11 Å². The summed E-state index contributed by atoms with van der Waals surface area (Å²) in [6.45, 7) is 0. The van der Waals surface area contributed by atoms with E-state index >= 15 is 0 Å². The molecular formula is C12H18O. The normalized spacial score (nSPS) is 30.2. The Balaban J connectivity index is 1.96. The van der Waals surface area contributed by atoms with Crippen LogP contribution in [0.15, 0.2) is 24.0 Å². The molecule has 0 spiro atoms. The Hall–Kier alpha value is -0.720. The zero-order valence-electron chi connectivity index (χ0n) is 8.08. The molecule has 72 valence electrons. The van der Waals surface area contributed by atoms with Gasteiger partial charge in [-0.1, -0.05) is 25.3 Å². The zero-order valence-corrected chi connectivity index (χ0v) is 8.08. The van der Waals surface area contributed by atoms with E-state index in [2.05, 4.69) is 12.2 Å². The number of allylic oxidation sites excluding steroid dienone is 3. The molecule has 2 aliphatic rings. The molecule has 1 heteroatoms. The Morgan fingerprint density at radius 3 is 2.62 bits per heavy atom. The van der Waals surface area contributed by atoms with Crippen LogP contribution in [0.1, 0.15) is 38.5 Å². The van der Waals surface area contributed by atoms with Gasteiger partial charge < -0.3 is 5.11 Å². The van der Waals surface area contributed by atoms with Gasteiger partial charge in [0.2, 0.25) is 0 Å². The van der Waals surface area contributed by atoms with E-state index in [-0.39, 0.29) is 0 Å². The summed E-state index contributed by atoms with van der Waals surface area (Å²) >= 11 is 0. The van der Waals surface area contributed by atoms with Crippen molar-refractivity contribution in [2.24, 2.45) is 11.8 Å². The van der Waals surface area contributed by atoms with Gasteiger partial charge in [-0.05, 0) is 43.3 Å². The fourth-order valence-electron chi connectivity index (χ4n) is 2.58. The van der Waals surface area contributed by atoms with Gasteiger partial charge in [-0.3, -0.25) is 0 Å². The number of hydrogen-bond acceptors (Lipinski definition) is 1. The van der Waals surface area contributed by atoms with Crippen LogP contribution in [0, 0.1) is 11.8 Å². The molecule has 0 heterocycles. The van der Waals surface area contributed by atoms with Crippen LogP contribution in [0.25, 0.3) is 0 Å². The fraction of sp³-hybridized carbons (Fsp3) is 0.667. The lowest BCUT2D eigenvalue weighted by molar-refractivity contribution is 0.278. The minimum atomic E-state index is 0.474. The topological polar surface area (TPSA) is 20.2 Å². The molecule has 13 heavy (non-hydrogen) atoms. The van der Waals surface area contributed by atoms with Gasteiger partial charge in [0, 0.05) is 0 Å². The Kier molecular flexibility index (Phi) is 2.72. The van der Waals surface area contributed by atoms with Crippen LogP contribution in [0.3, 0.4) is 0 Å². The van der Waals surface area contributed by atoms with Crippen molar-refractivity contribution >= 4 is 0 Å². The molecule has 0 bridgehead atoms. The van der Waals surface area contributed by atoms with Crippen molar-refractivity contribution in [2.45, 2.75) is 38.5 Å². The Bertz CT molecular complexity index is 221. The molecule has 0 saturated heterocycles. The highest BCUT2D eigenvalue weighted by molar-refractivity contribution is 5.17. The minimum Gasteiger partial charge on any atom is -0.508 e. The third kappa shape index (κ3) is 2.15. The molecule has 1 fully saturated rings. The van der Waals surface area contributed by atoms with Crippen molar-refractivity contribution in [1.29, 1.82) is 0 Å². The lowest BCUT2D eigenvalue weighted by Gasteiger charge is -2.28. The lowest BCUT2D eigenvalue weighted by Crippen LogP contribution is -2.17. The molecule has 2 rings (SSSR count). The largest absolute Gasteiger partial charge is 0.508 e. The number of aliphatic hydroxyl groups excluding tert-OH is 1. The molecule has 1 nitrogen and oxygen atoms in total.